The molecule has 24 heavy (non-hydrogen) atoms. The molecule has 0 bridgehead atoms. The number of carbonyl (C=O) groups excluding carboxylic acids is 1. The van der Waals surface area contributed by atoms with Crippen molar-refractivity contribution in [2.24, 2.45) is 0 Å². The number of aromatic nitrogens is 3. The second-order valence-electron chi connectivity index (χ2n) is 5.06. The van der Waals surface area contributed by atoms with Gasteiger partial charge >= 0.3 is 5.97 Å². The summed E-state index contributed by atoms with van der Waals surface area (Å²) in [5.41, 5.74) is 1.63. The van der Waals surface area contributed by atoms with Crippen molar-refractivity contribution >= 4 is 34.5 Å². The van der Waals surface area contributed by atoms with Gasteiger partial charge in [0.1, 0.15) is 29.3 Å². The Morgan fingerprint density at radius 2 is 2.25 bits per heavy atom. The molecule has 0 amide bonds. The molecule has 0 spiro atoms. The van der Waals surface area contributed by atoms with E-state index in [0.29, 0.717) is 34.2 Å². The van der Waals surface area contributed by atoms with E-state index in [0.717, 1.165) is 5.56 Å². The average Bonchev–Trinajstić information content (AvgIpc) is 3.00. The summed E-state index contributed by atoms with van der Waals surface area (Å²) in [6.07, 6.45) is 1.34. The van der Waals surface area contributed by atoms with Crippen molar-refractivity contribution in [2.75, 3.05) is 11.9 Å². The van der Waals surface area contributed by atoms with Crippen LogP contribution in [-0.2, 0) is 9.53 Å². The van der Waals surface area contributed by atoms with Crippen LogP contribution in [-0.4, -0.2) is 33.7 Å². The third-order valence-electron chi connectivity index (χ3n) is 3.36. The average molecular weight is 347 g/mol. The summed E-state index contributed by atoms with van der Waals surface area (Å²) in [5, 5.41) is 8.24. The van der Waals surface area contributed by atoms with Crippen LogP contribution in [0, 0.1) is 0 Å². The summed E-state index contributed by atoms with van der Waals surface area (Å²) in [5.74, 6) is 0.0711. The molecule has 0 radical (unpaired) electrons. The fourth-order valence-electron chi connectivity index (χ4n) is 2.26. The number of ether oxygens (including phenoxy) is 1. The Bertz CT molecular complexity index is 881. The van der Waals surface area contributed by atoms with Crippen molar-refractivity contribution in [3.63, 3.8) is 0 Å². The zero-order valence-corrected chi connectivity index (χ0v) is 13.9. The number of hydrogen-bond donors (Lipinski definition) is 1. The molecule has 1 N–H and O–H groups in total. The molecule has 7 nitrogen and oxygen atoms in total. The molecule has 0 saturated carbocycles. The second-order valence-corrected chi connectivity index (χ2v) is 5.50. The van der Waals surface area contributed by atoms with Crippen molar-refractivity contribution in [3.05, 3.63) is 35.6 Å². The zero-order valence-electron chi connectivity index (χ0n) is 13.1. The van der Waals surface area contributed by atoms with Crippen LogP contribution in [0.5, 0.6) is 0 Å². The molecule has 1 aromatic carbocycles. The highest BCUT2D eigenvalue weighted by Gasteiger charge is 2.21. The number of nitrogens with zero attached hydrogens (tertiary/aromatic N) is 3. The summed E-state index contributed by atoms with van der Waals surface area (Å²) in [7, 11) is 0. The maximum Gasteiger partial charge on any atom is 0.328 e. The number of esters is 1. The van der Waals surface area contributed by atoms with Crippen LogP contribution in [0.4, 0.5) is 5.82 Å². The number of carbonyl (C=O) groups is 1. The number of nitrogens with one attached hydrogen (secondary N) is 1. The Labute approximate surface area is 143 Å². The fraction of sp³-hybridized carbons (Fsp3) is 0.250. The minimum atomic E-state index is -0.579. The van der Waals surface area contributed by atoms with Gasteiger partial charge in [-0.05, 0) is 26.0 Å². The monoisotopic (exact) mass is 346 g/mol. The maximum atomic E-state index is 11.8. The van der Waals surface area contributed by atoms with E-state index >= 15 is 0 Å². The molecule has 3 aromatic rings. The maximum absolute atomic E-state index is 11.8. The molecule has 0 aliphatic rings. The number of anilines is 1. The van der Waals surface area contributed by atoms with Crippen molar-refractivity contribution < 1.29 is 14.1 Å². The van der Waals surface area contributed by atoms with Crippen molar-refractivity contribution in [3.8, 4) is 11.3 Å². The van der Waals surface area contributed by atoms with Crippen molar-refractivity contribution in [1.29, 1.82) is 0 Å². The molecular weight excluding hydrogens is 332 g/mol. The molecule has 8 heteroatoms. The fourth-order valence-corrected chi connectivity index (χ4v) is 2.45. The lowest BCUT2D eigenvalue weighted by Gasteiger charge is -2.13. The number of benzene rings is 1. The minimum Gasteiger partial charge on any atom is -0.464 e. The largest absolute Gasteiger partial charge is 0.464 e. The first-order valence-electron chi connectivity index (χ1n) is 7.39. The molecule has 0 aliphatic heterocycles. The highest BCUT2D eigenvalue weighted by atomic mass is 35.5. The summed E-state index contributed by atoms with van der Waals surface area (Å²) >= 11 is 6.05. The summed E-state index contributed by atoms with van der Waals surface area (Å²) in [6, 6.07) is 6.63. The van der Waals surface area contributed by atoms with E-state index in [1.165, 1.54) is 6.33 Å². The first-order valence-corrected chi connectivity index (χ1v) is 7.77. The van der Waals surface area contributed by atoms with Crippen molar-refractivity contribution in [1.82, 2.24) is 15.1 Å². The van der Waals surface area contributed by atoms with Gasteiger partial charge < -0.3 is 14.6 Å². The highest BCUT2D eigenvalue weighted by Crippen LogP contribution is 2.32. The molecule has 0 unspecified atom stereocenters. The minimum absolute atomic E-state index is 0.311. The van der Waals surface area contributed by atoms with Gasteiger partial charge in [-0.2, -0.15) is 4.98 Å². The number of hydrogen-bond acceptors (Lipinski definition) is 7. The standard InChI is InChI=1S/C16H15ClN4O3/c1-3-23-16(22)9(2)20-14-12-13(10-5-4-6-11(17)7-10)21-24-15(12)19-8-18-14/h4-9H,3H2,1-2H3,(H,18,19,20)/t9-/m0/s1. The molecule has 3 rings (SSSR count). The van der Waals surface area contributed by atoms with Crippen LogP contribution in [0.2, 0.25) is 5.02 Å². The topological polar surface area (TPSA) is 90.1 Å². The molecule has 2 heterocycles. The SMILES string of the molecule is CCOC(=O)[C@H](C)Nc1ncnc2onc(-c3cccc(Cl)c3)c12. The van der Waals surface area contributed by atoms with Gasteiger partial charge in [0.05, 0.1) is 6.61 Å². The second kappa shape index (κ2) is 6.84. The van der Waals surface area contributed by atoms with Gasteiger partial charge in [0.2, 0.25) is 0 Å². The van der Waals surface area contributed by atoms with Crippen LogP contribution < -0.4 is 5.32 Å². The molecule has 0 aliphatic carbocycles. The molecule has 0 fully saturated rings. The van der Waals surface area contributed by atoms with E-state index in [4.69, 9.17) is 20.9 Å². The molecule has 124 valence electrons. The molecular formula is C16H15ClN4O3. The quantitative estimate of drug-likeness (QED) is 0.709. The zero-order chi connectivity index (χ0) is 17.1. The Kier molecular flexibility index (Phi) is 4.61. The summed E-state index contributed by atoms with van der Waals surface area (Å²) in [4.78, 5) is 20.1. The normalized spacial score (nSPS) is 12.1. The Morgan fingerprint density at radius 1 is 1.42 bits per heavy atom. The predicted octanol–water partition coefficient (Wildman–Crippen LogP) is 3.30. The number of rotatable bonds is 5. The lowest BCUT2D eigenvalue weighted by atomic mass is 10.1. The Balaban J connectivity index is 2.03. The van der Waals surface area contributed by atoms with Crippen LogP contribution >= 0.6 is 11.6 Å². The van der Waals surface area contributed by atoms with Gasteiger partial charge in [-0.25, -0.2) is 9.78 Å². The lowest BCUT2D eigenvalue weighted by molar-refractivity contribution is -0.143. The highest BCUT2D eigenvalue weighted by molar-refractivity contribution is 6.30. The van der Waals surface area contributed by atoms with Gasteiger partial charge in [0.25, 0.3) is 5.71 Å². The van der Waals surface area contributed by atoms with E-state index < -0.39 is 6.04 Å². The van der Waals surface area contributed by atoms with Crippen LogP contribution in [0.3, 0.4) is 0 Å². The first kappa shape index (κ1) is 16.2. The van der Waals surface area contributed by atoms with E-state index in [-0.39, 0.29) is 5.97 Å². The van der Waals surface area contributed by atoms with E-state index in [1.807, 2.05) is 12.1 Å². The lowest BCUT2D eigenvalue weighted by Crippen LogP contribution is -2.28. The van der Waals surface area contributed by atoms with Crippen LogP contribution in [0.15, 0.2) is 35.1 Å². The Morgan fingerprint density at radius 3 is 3.00 bits per heavy atom. The Hall–Kier alpha value is -2.67. The number of halogens is 1. The molecule has 0 saturated heterocycles. The van der Waals surface area contributed by atoms with E-state index in [2.05, 4.69) is 20.4 Å². The van der Waals surface area contributed by atoms with E-state index in [1.54, 1.807) is 26.0 Å². The van der Waals surface area contributed by atoms with Crippen LogP contribution in [0.1, 0.15) is 13.8 Å². The number of fused-ring (bicyclic) bond motifs is 1. The first-order chi connectivity index (χ1) is 11.6. The van der Waals surface area contributed by atoms with Gasteiger partial charge in [-0.3, -0.25) is 0 Å². The van der Waals surface area contributed by atoms with Crippen LogP contribution in [0.25, 0.3) is 22.4 Å². The predicted molar refractivity (Wildman–Crippen MR) is 89.8 cm³/mol. The summed E-state index contributed by atoms with van der Waals surface area (Å²) in [6.45, 7) is 3.76. The van der Waals surface area contributed by atoms with E-state index in [9.17, 15) is 4.79 Å². The van der Waals surface area contributed by atoms with Gasteiger partial charge in [0, 0.05) is 10.6 Å². The third kappa shape index (κ3) is 3.16. The van der Waals surface area contributed by atoms with Gasteiger partial charge in [0.15, 0.2) is 0 Å². The molecule has 1 atom stereocenters. The van der Waals surface area contributed by atoms with Gasteiger partial charge in [-0.15, -0.1) is 0 Å². The molecule has 2 aromatic heterocycles. The van der Waals surface area contributed by atoms with Crippen molar-refractivity contribution in [2.45, 2.75) is 19.9 Å². The smallest absolute Gasteiger partial charge is 0.328 e. The third-order valence-corrected chi connectivity index (χ3v) is 3.60. The van der Waals surface area contributed by atoms with Gasteiger partial charge in [-0.1, -0.05) is 28.9 Å². The summed E-state index contributed by atoms with van der Waals surface area (Å²) < 4.78 is 10.3.